The molecule has 0 fully saturated rings. The summed E-state index contributed by atoms with van der Waals surface area (Å²) in [6.45, 7) is 2.19. The number of nitrogens with two attached hydrogens (primary N) is 1. The van der Waals surface area contributed by atoms with Gasteiger partial charge in [0.25, 0.3) is 0 Å². The third-order valence-electron chi connectivity index (χ3n) is 2.24. The van der Waals surface area contributed by atoms with Gasteiger partial charge >= 0.3 is 5.97 Å². The predicted octanol–water partition coefficient (Wildman–Crippen LogP) is 2.36. The van der Waals surface area contributed by atoms with E-state index in [-0.39, 0.29) is 18.4 Å². The van der Waals surface area contributed by atoms with Crippen LogP contribution >= 0.6 is 11.8 Å². The molecular formula is C12H17NO2S. The Bertz CT molecular complexity index is 337. The molecule has 0 bridgehead atoms. The fourth-order valence-corrected chi connectivity index (χ4v) is 1.78. The van der Waals surface area contributed by atoms with Crippen LogP contribution in [0.3, 0.4) is 0 Å². The van der Waals surface area contributed by atoms with Crippen LogP contribution in [0.1, 0.15) is 24.9 Å². The Kier molecular flexibility index (Phi) is 5.35. The molecule has 0 spiro atoms. The van der Waals surface area contributed by atoms with Crippen molar-refractivity contribution in [3.63, 3.8) is 0 Å². The summed E-state index contributed by atoms with van der Waals surface area (Å²) in [6, 6.07) is 7.64. The molecule has 1 aromatic rings. The number of rotatable bonds is 5. The summed E-state index contributed by atoms with van der Waals surface area (Å²) < 4.78 is 4.86. The van der Waals surface area contributed by atoms with Gasteiger partial charge in [0.1, 0.15) is 0 Å². The van der Waals surface area contributed by atoms with E-state index < -0.39 is 0 Å². The molecule has 16 heavy (non-hydrogen) atoms. The van der Waals surface area contributed by atoms with Crippen LogP contribution in [0.4, 0.5) is 0 Å². The molecular weight excluding hydrogens is 222 g/mol. The fraction of sp³-hybridized carbons (Fsp3) is 0.417. The van der Waals surface area contributed by atoms with Gasteiger partial charge in [0.05, 0.1) is 13.0 Å². The second-order valence-corrected chi connectivity index (χ2v) is 4.27. The molecule has 4 heteroatoms. The highest BCUT2D eigenvalue weighted by Gasteiger charge is 2.12. The third-order valence-corrected chi connectivity index (χ3v) is 2.98. The maximum Gasteiger partial charge on any atom is 0.307 e. The monoisotopic (exact) mass is 239 g/mol. The molecule has 3 nitrogen and oxygen atoms in total. The maximum atomic E-state index is 11.2. The van der Waals surface area contributed by atoms with Gasteiger partial charge in [-0.3, -0.25) is 4.79 Å². The zero-order chi connectivity index (χ0) is 12.0. The van der Waals surface area contributed by atoms with Crippen molar-refractivity contribution >= 4 is 17.7 Å². The van der Waals surface area contributed by atoms with Crippen molar-refractivity contribution in [2.24, 2.45) is 5.73 Å². The second kappa shape index (κ2) is 6.55. The van der Waals surface area contributed by atoms with E-state index in [0.717, 1.165) is 5.56 Å². The Morgan fingerprint density at radius 3 is 2.56 bits per heavy atom. The number of benzene rings is 1. The lowest BCUT2D eigenvalue weighted by atomic mass is 10.1. The van der Waals surface area contributed by atoms with Gasteiger partial charge in [-0.05, 0) is 30.9 Å². The highest BCUT2D eigenvalue weighted by Crippen LogP contribution is 2.19. The average molecular weight is 239 g/mol. The molecule has 0 aliphatic heterocycles. The van der Waals surface area contributed by atoms with E-state index in [1.165, 1.54) is 4.90 Å². The molecule has 1 rings (SSSR count). The highest BCUT2D eigenvalue weighted by atomic mass is 32.2. The third kappa shape index (κ3) is 3.87. The van der Waals surface area contributed by atoms with Gasteiger partial charge in [0.15, 0.2) is 0 Å². The van der Waals surface area contributed by atoms with Crippen molar-refractivity contribution in [1.29, 1.82) is 0 Å². The molecule has 88 valence electrons. The van der Waals surface area contributed by atoms with E-state index in [1.807, 2.05) is 30.5 Å². The molecule has 0 aliphatic rings. The second-order valence-electron chi connectivity index (χ2n) is 3.39. The molecule has 1 atom stereocenters. The summed E-state index contributed by atoms with van der Waals surface area (Å²) in [7, 11) is 0. The van der Waals surface area contributed by atoms with E-state index in [1.54, 1.807) is 18.7 Å². The number of hydrogen-bond donors (Lipinski definition) is 1. The van der Waals surface area contributed by atoms with Crippen molar-refractivity contribution in [3.8, 4) is 0 Å². The predicted molar refractivity (Wildman–Crippen MR) is 66.4 cm³/mol. The first-order chi connectivity index (χ1) is 7.67. The number of carbonyl (C=O) groups excluding carboxylic acids is 1. The Morgan fingerprint density at radius 2 is 2.06 bits per heavy atom. The van der Waals surface area contributed by atoms with E-state index in [0.29, 0.717) is 6.61 Å². The largest absolute Gasteiger partial charge is 0.466 e. The van der Waals surface area contributed by atoms with Crippen LogP contribution in [0.15, 0.2) is 29.2 Å². The first-order valence-corrected chi connectivity index (χ1v) is 6.45. The molecule has 1 aromatic carbocycles. The minimum Gasteiger partial charge on any atom is -0.466 e. The zero-order valence-corrected chi connectivity index (χ0v) is 10.4. The van der Waals surface area contributed by atoms with E-state index in [2.05, 4.69) is 0 Å². The van der Waals surface area contributed by atoms with E-state index in [4.69, 9.17) is 10.5 Å². The molecule has 0 amide bonds. The van der Waals surface area contributed by atoms with Gasteiger partial charge < -0.3 is 10.5 Å². The quantitative estimate of drug-likeness (QED) is 0.633. The average Bonchev–Trinajstić information content (AvgIpc) is 2.29. The van der Waals surface area contributed by atoms with Crippen LogP contribution in [0.5, 0.6) is 0 Å². The standard InChI is InChI=1S/C12H17NO2S/c1-3-15-12(14)8-11(13)9-4-6-10(16-2)7-5-9/h4-7,11H,3,8,13H2,1-2H3. The molecule has 0 heterocycles. The zero-order valence-electron chi connectivity index (χ0n) is 9.60. The summed E-state index contributed by atoms with van der Waals surface area (Å²) in [6.07, 6.45) is 2.25. The van der Waals surface area contributed by atoms with Crippen molar-refractivity contribution in [2.45, 2.75) is 24.3 Å². The lowest BCUT2D eigenvalue weighted by Crippen LogP contribution is -2.17. The van der Waals surface area contributed by atoms with Crippen molar-refractivity contribution in [3.05, 3.63) is 29.8 Å². The van der Waals surface area contributed by atoms with Crippen LogP contribution in [-0.2, 0) is 9.53 Å². The van der Waals surface area contributed by atoms with E-state index in [9.17, 15) is 4.79 Å². The molecule has 0 saturated carbocycles. The fourth-order valence-electron chi connectivity index (χ4n) is 1.37. The number of esters is 1. The summed E-state index contributed by atoms with van der Waals surface area (Å²) in [4.78, 5) is 12.4. The number of carbonyl (C=O) groups is 1. The molecule has 2 N–H and O–H groups in total. The number of thioether (sulfide) groups is 1. The summed E-state index contributed by atoms with van der Waals surface area (Å²) in [5, 5.41) is 0. The Hall–Kier alpha value is -1.00. The smallest absolute Gasteiger partial charge is 0.307 e. The highest BCUT2D eigenvalue weighted by molar-refractivity contribution is 7.98. The minimum atomic E-state index is -0.282. The van der Waals surface area contributed by atoms with Gasteiger partial charge in [-0.15, -0.1) is 11.8 Å². The molecule has 0 radical (unpaired) electrons. The van der Waals surface area contributed by atoms with Gasteiger partial charge in [-0.1, -0.05) is 12.1 Å². The van der Waals surface area contributed by atoms with Gasteiger partial charge in [-0.2, -0.15) is 0 Å². The molecule has 1 unspecified atom stereocenters. The Labute approximate surface area is 100 Å². The summed E-state index contributed by atoms with van der Waals surface area (Å²) >= 11 is 1.68. The van der Waals surface area contributed by atoms with E-state index >= 15 is 0 Å². The first kappa shape index (κ1) is 13.1. The van der Waals surface area contributed by atoms with Crippen LogP contribution in [0.2, 0.25) is 0 Å². The first-order valence-electron chi connectivity index (χ1n) is 5.22. The SMILES string of the molecule is CCOC(=O)CC(N)c1ccc(SC)cc1. The number of ether oxygens (including phenoxy) is 1. The lowest BCUT2D eigenvalue weighted by molar-refractivity contribution is -0.143. The van der Waals surface area contributed by atoms with Crippen LogP contribution in [0, 0.1) is 0 Å². The van der Waals surface area contributed by atoms with Crippen LogP contribution < -0.4 is 5.73 Å². The Balaban J connectivity index is 2.58. The summed E-state index contributed by atoms with van der Waals surface area (Å²) in [5.41, 5.74) is 6.87. The van der Waals surface area contributed by atoms with Gasteiger partial charge in [0.2, 0.25) is 0 Å². The number of hydrogen-bond acceptors (Lipinski definition) is 4. The molecule has 0 aromatic heterocycles. The normalized spacial score (nSPS) is 12.2. The Morgan fingerprint density at radius 1 is 1.44 bits per heavy atom. The molecule has 0 saturated heterocycles. The maximum absolute atomic E-state index is 11.2. The minimum absolute atomic E-state index is 0.229. The lowest BCUT2D eigenvalue weighted by Gasteiger charge is -2.11. The van der Waals surface area contributed by atoms with Crippen molar-refractivity contribution < 1.29 is 9.53 Å². The van der Waals surface area contributed by atoms with Crippen LogP contribution in [0.25, 0.3) is 0 Å². The van der Waals surface area contributed by atoms with Crippen molar-refractivity contribution in [1.82, 2.24) is 0 Å². The molecule has 0 aliphatic carbocycles. The van der Waals surface area contributed by atoms with Gasteiger partial charge in [-0.25, -0.2) is 0 Å². The topological polar surface area (TPSA) is 52.3 Å². The summed E-state index contributed by atoms with van der Waals surface area (Å²) in [5.74, 6) is -0.246. The van der Waals surface area contributed by atoms with Gasteiger partial charge in [0, 0.05) is 10.9 Å². The van der Waals surface area contributed by atoms with Crippen LogP contribution in [-0.4, -0.2) is 18.8 Å². The van der Waals surface area contributed by atoms with Crippen molar-refractivity contribution in [2.75, 3.05) is 12.9 Å².